The number of alkyl halides is 3. The van der Waals surface area contributed by atoms with Crippen LogP contribution in [0.5, 0.6) is 0 Å². The van der Waals surface area contributed by atoms with E-state index in [0.717, 1.165) is 30.0 Å². The van der Waals surface area contributed by atoms with Gasteiger partial charge in [-0.1, -0.05) is 6.92 Å². The van der Waals surface area contributed by atoms with Crippen LogP contribution in [0.25, 0.3) is 10.6 Å². The van der Waals surface area contributed by atoms with E-state index in [1.54, 1.807) is 6.20 Å². The molecule has 2 rings (SSSR count). The number of halogens is 4. The highest BCUT2D eigenvalue weighted by Crippen LogP contribution is 2.38. The zero-order valence-corrected chi connectivity index (χ0v) is 12.1. The first kappa shape index (κ1) is 15.9. The van der Waals surface area contributed by atoms with Gasteiger partial charge >= 0.3 is 6.18 Å². The molecule has 7 heteroatoms. The Kier molecular flexibility index (Phi) is 4.95. The Balaban J connectivity index is 2.30. The number of aromatic nitrogens is 1. The fourth-order valence-electron chi connectivity index (χ4n) is 1.84. The van der Waals surface area contributed by atoms with Crippen molar-refractivity contribution in [1.82, 2.24) is 10.3 Å². The van der Waals surface area contributed by atoms with Crippen LogP contribution >= 0.6 is 11.3 Å². The molecule has 0 aliphatic rings. The number of hydrogen-bond acceptors (Lipinski definition) is 3. The molecule has 114 valence electrons. The third-order valence-corrected chi connectivity index (χ3v) is 3.83. The molecule has 0 saturated heterocycles. The normalized spacial score (nSPS) is 11.9. The fraction of sp³-hybridized carbons (Fsp3) is 0.357. The molecule has 0 atom stereocenters. The van der Waals surface area contributed by atoms with Gasteiger partial charge in [0.1, 0.15) is 10.8 Å². The predicted octanol–water partition coefficient (Wildman–Crippen LogP) is 4.47. The molecule has 0 aliphatic heterocycles. The largest absolute Gasteiger partial charge is 0.417 e. The summed E-state index contributed by atoms with van der Waals surface area (Å²) in [4.78, 5) is 4.87. The van der Waals surface area contributed by atoms with E-state index >= 15 is 0 Å². The molecule has 0 radical (unpaired) electrons. The first-order chi connectivity index (χ1) is 9.91. The second-order valence-electron chi connectivity index (χ2n) is 4.50. The molecule has 2 aromatic rings. The van der Waals surface area contributed by atoms with E-state index in [9.17, 15) is 17.6 Å². The monoisotopic (exact) mass is 318 g/mol. The summed E-state index contributed by atoms with van der Waals surface area (Å²) in [6.45, 7) is 3.42. The average molecular weight is 318 g/mol. The molecule has 0 fully saturated rings. The van der Waals surface area contributed by atoms with E-state index in [0.29, 0.717) is 12.6 Å². The predicted molar refractivity (Wildman–Crippen MR) is 74.5 cm³/mol. The Morgan fingerprint density at radius 1 is 1.29 bits per heavy atom. The van der Waals surface area contributed by atoms with E-state index in [4.69, 9.17) is 0 Å². The molecule has 1 N–H and O–H groups in total. The van der Waals surface area contributed by atoms with Crippen LogP contribution in [-0.2, 0) is 12.7 Å². The third-order valence-electron chi connectivity index (χ3n) is 2.80. The maximum Gasteiger partial charge on any atom is 0.417 e. The summed E-state index contributed by atoms with van der Waals surface area (Å²) >= 11 is 1.18. The van der Waals surface area contributed by atoms with Crippen molar-refractivity contribution >= 4 is 11.3 Å². The Bertz CT molecular complexity index is 607. The van der Waals surface area contributed by atoms with Gasteiger partial charge < -0.3 is 5.32 Å². The van der Waals surface area contributed by atoms with Gasteiger partial charge in [0.25, 0.3) is 0 Å². The van der Waals surface area contributed by atoms with E-state index < -0.39 is 17.6 Å². The average Bonchev–Trinajstić information content (AvgIpc) is 2.87. The molecule has 0 bridgehead atoms. The molecule has 2 nitrogen and oxygen atoms in total. The Morgan fingerprint density at radius 2 is 2.05 bits per heavy atom. The fourth-order valence-corrected chi connectivity index (χ4v) is 2.76. The highest BCUT2D eigenvalue weighted by atomic mass is 32.1. The molecule has 0 aliphatic carbocycles. The van der Waals surface area contributed by atoms with Crippen LogP contribution in [0.2, 0.25) is 0 Å². The number of nitrogens with zero attached hydrogens (tertiary/aromatic N) is 1. The summed E-state index contributed by atoms with van der Waals surface area (Å²) in [6, 6.07) is 2.65. The van der Waals surface area contributed by atoms with Gasteiger partial charge in [-0.3, -0.25) is 0 Å². The smallest absolute Gasteiger partial charge is 0.312 e. The molecular formula is C14H14F4N2S. The Labute approximate surface area is 123 Å². The Morgan fingerprint density at radius 3 is 2.71 bits per heavy atom. The lowest BCUT2D eigenvalue weighted by molar-refractivity contribution is -0.137. The van der Waals surface area contributed by atoms with Crippen LogP contribution < -0.4 is 5.32 Å². The molecule has 0 spiro atoms. The van der Waals surface area contributed by atoms with Crippen molar-refractivity contribution in [1.29, 1.82) is 0 Å². The minimum Gasteiger partial charge on any atom is -0.312 e. The lowest BCUT2D eigenvalue weighted by Crippen LogP contribution is -2.12. The third kappa shape index (κ3) is 4.01. The quantitative estimate of drug-likeness (QED) is 0.650. The number of nitrogens with one attached hydrogen (secondary N) is 1. The molecule has 0 unspecified atom stereocenters. The van der Waals surface area contributed by atoms with Crippen molar-refractivity contribution in [2.24, 2.45) is 0 Å². The minimum atomic E-state index is -4.61. The summed E-state index contributed by atoms with van der Waals surface area (Å²) in [5.41, 5.74) is -1.08. The van der Waals surface area contributed by atoms with Gasteiger partial charge in [-0.25, -0.2) is 9.37 Å². The van der Waals surface area contributed by atoms with Crippen LogP contribution in [-0.4, -0.2) is 11.5 Å². The van der Waals surface area contributed by atoms with Crippen LogP contribution in [0.1, 0.15) is 23.8 Å². The van der Waals surface area contributed by atoms with Gasteiger partial charge in [-0.15, -0.1) is 11.3 Å². The zero-order valence-electron chi connectivity index (χ0n) is 11.3. The van der Waals surface area contributed by atoms with Crippen LogP contribution in [0.15, 0.2) is 24.4 Å². The molecule has 21 heavy (non-hydrogen) atoms. The van der Waals surface area contributed by atoms with Crippen LogP contribution in [0, 0.1) is 5.82 Å². The van der Waals surface area contributed by atoms with E-state index in [2.05, 4.69) is 10.3 Å². The first-order valence-corrected chi connectivity index (χ1v) is 7.26. The van der Waals surface area contributed by atoms with Gasteiger partial charge in [-0.2, -0.15) is 13.2 Å². The topological polar surface area (TPSA) is 24.9 Å². The second kappa shape index (κ2) is 6.53. The van der Waals surface area contributed by atoms with Crippen molar-refractivity contribution in [3.05, 3.63) is 40.7 Å². The van der Waals surface area contributed by atoms with Crippen molar-refractivity contribution in [2.45, 2.75) is 26.1 Å². The standard InChI is InChI=1S/C14H14F4N2S/c1-2-5-19-7-10-8-20-13(21-10)11-4-3-9(15)6-12(11)14(16,17)18/h3-4,6,8,19H,2,5,7H2,1H3. The molecule has 1 heterocycles. The van der Waals surface area contributed by atoms with Crippen molar-refractivity contribution in [2.75, 3.05) is 6.54 Å². The molecule has 0 saturated carbocycles. The van der Waals surface area contributed by atoms with Crippen LogP contribution in [0.4, 0.5) is 17.6 Å². The van der Waals surface area contributed by atoms with E-state index in [-0.39, 0.29) is 10.6 Å². The lowest BCUT2D eigenvalue weighted by atomic mass is 10.1. The van der Waals surface area contributed by atoms with Gasteiger partial charge in [0.2, 0.25) is 0 Å². The van der Waals surface area contributed by atoms with E-state index in [1.807, 2.05) is 6.92 Å². The minimum absolute atomic E-state index is 0.0874. The molecule has 1 aromatic heterocycles. The highest BCUT2D eigenvalue weighted by Gasteiger charge is 2.34. The van der Waals surface area contributed by atoms with Gasteiger partial charge in [0.15, 0.2) is 0 Å². The van der Waals surface area contributed by atoms with Gasteiger partial charge in [0, 0.05) is 23.2 Å². The number of hydrogen-bond donors (Lipinski definition) is 1. The first-order valence-electron chi connectivity index (χ1n) is 6.44. The maximum atomic E-state index is 13.1. The van der Waals surface area contributed by atoms with Crippen molar-refractivity contribution in [3.8, 4) is 10.6 Å². The SMILES string of the molecule is CCCNCc1cnc(-c2ccc(F)cc2C(F)(F)F)s1. The van der Waals surface area contributed by atoms with Gasteiger partial charge in [0.05, 0.1) is 5.56 Å². The summed E-state index contributed by atoms with van der Waals surface area (Å²) in [6.07, 6.45) is -2.09. The summed E-state index contributed by atoms with van der Waals surface area (Å²) < 4.78 is 52.0. The summed E-state index contributed by atoms with van der Waals surface area (Å²) in [5.74, 6) is -0.910. The second-order valence-corrected chi connectivity index (χ2v) is 5.61. The molecule has 1 aromatic carbocycles. The summed E-state index contributed by atoms with van der Waals surface area (Å²) in [5, 5.41) is 3.40. The number of benzene rings is 1. The van der Waals surface area contributed by atoms with Gasteiger partial charge in [-0.05, 0) is 31.2 Å². The van der Waals surface area contributed by atoms with Crippen molar-refractivity contribution < 1.29 is 17.6 Å². The van der Waals surface area contributed by atoms with Crippen molar-refractivity contribution in [3.63, 3.8) is 0 Å². The number of rotatable bonds is 5. The zero-order chi connectivity index (χ0) is 15.5. The maximum absolute atomic E-state index is 13.1. The Hall–Kier alpha value is -1.47. The van der Waals surface area contributed by atoms with E-state index in [1.165, 1.54) is 11.3 Å². The summed E-state index contributed by atoms with van der Waals surface area (Å²) in [7, 11) is 0. The molecule has 0 amide bonds. The lowest BCUT2D eigenvalue weighted by Gasteiger charge is -2.11. The highest BCUT2D eigenvalue weighted by molar-refractivity contribution is 7.15. The molecular weight excluding hydrogens is 304 g/mol. The number of thiazole rings is 1. The van der Waals surface area contributed by atoms with Crippen LogP contribution in [0.3, 0.4) is 0 Å².